The molecule has 0 spiro atoms. The van der Waals surface area contributed by atoms with Crippen molar-refractivity contribution in [1.29, 1.82) is 0 Å². The summed E-state index contributed by atoms with van der Waals surface area (Å²) in [4.78, 5) is 35.1. The van der Waals surface area contributed by atoms with Crippen molar-refractivity contribution in [3.8, 4) is 11.3 Å². The Labute approximate surface area is 194 Å². The van der Waals surface area contributed by atoms with Gasteiger partial charge in [0.2, 0.25) is 0 Å². The summed E-state index contributed by atoms with van der Waals surface area (Å²) in [6.45, 7) is 0. The number of anilines is 2. The van der Waals surface area contributed by atoms with Crippen LogP contribution in [0.2, 0.25) is 0 Å². The first kappa shape index (κ1) is 20.5. The van der Waals surface area contributed by atoms with E-state index in [2.05, 4.69) is 15.6 Å². The van der Waals surface area contributed by atoms with Crippen LogP contribution < -0.4 is 10.6 Å². The molecule has 2 N–H and O–H groups in total. The van der Waals surface area contributed by atoms with Gasteiger partial charge in [-0.2, -0.15) is 0 Å². The minimum Gasteiger partial charge on any atom is -0.322 e. The number of amides is 2. The zero-order valence-corrected chi connectivity index (χ0v) is 18.2. The van der Waals surface area contributed by atoms with Gasteiger partial charge in [0.25, 0.3) is 11.8 Å². The van der Waals surface area contributed by atoms with E-state index >= 15 is 0 Å². The molecule has 0 saturated heterocycles. The predicted molar refractivity (Wildman–Crippen MR) is 132 cm³/mol. The molecule has 2 amide bonds. The van der Waals surface area contributed by atoms with Crippen molar-refractivity contribution in [2.24, 2.45) is 0 Å². The van der Waals surface area contributed by atoms with Crippen molar-refractivity contribution in [2.75, 3.05) is 10.6 Å². The number of hydrogen-bond acceptors (Lipinski definition) is 5. The highest BCUT2D eigenvalue weighted by Gasteiger charge is 2.15. The van der Waals surface area contributed by atoms with Gasteiger partial charge in [-0.1, -0.05) is 30.3 Å². The molecule has 0 unspecified atom stereocenters. The molecule has 5 rings (SSSR count). The molecule has 0 radical (unpaired) electrons. The van der Waals surface area contributed by atoms with Gasteiger partial charge in [-0.15, -0.1) is 11.3 Å². The lowest BCUT2D eigenvalue weighted by molar-refractivity contribution is 0.102. The number of nitrogens with one attached hydrogen (secondary N) is 2. The number of pyridine rings is 2. The lowest BCUT2D eigenvalue weighted by Crippen LogP contribution is -2.14. The van der Waals surface area contributed by atoms with Crippen LogP contribution in [0.15, 0.2) is 96.6 Å². The number of aromatic nitrogens is 2. The van der Waals surface area contributed by atoms with Crippen molar-refractivity contribution in [1.82, 2.24) is 9.97 Å². The van der Waals surface area contributed by atoms with Crippen LogP contribution in [0, 0.1) is 0 Å². The van der Waals surface area contributed by atoms with Gasteiger partial charge in [0.1, 0.15) is 0 Å². The number of benzene rings is 2. The highest BCUT2D eigenvalue weighted by molar-refractivity contribution is 7.12. The molecule has 6 nitrogen and oxygen atoms in total. The summed E-state index contributed by atoms with van der Waals surface area (Å²) < 4.78 is 0. The van der Waals surface area contributed by atoms with E-state index in [-0.39, 0.29) is 11.8 Å². The Morgan fingerprint density at radius 1 is 0.788 bits per heavy atom. The normalized spacial score (nSPS) is 10.7. The fraction of sp³-hybridized carbons (Fsp3) is 0. The number of carbonyl (C=O) groups is 2. The summed E-state index contributed by atoms with van der Waals surface area (Å²) in [7, 11) is 0. The summed E-state index contributed by atoms with van der Waals surface area (Å²) >= 11 is 1.37. The van der Waals surface area contributed by atoms with Gasteiger partial charge in [0.15, 0.2) is 0 Å². The summed E-state index contributed by atoms with van der Waals surface area (Å²) in [5.74, 6) is -0.449. The van der Waals surface area contributed by atoms with Crippen molar-refractivity contribution >= 4 is 45.4 Å². The van der Waals surface area contributed by atoms with Crippen LogP contribution in [-0.4, -0.2) is 21.8 Å². The second-order valence-corrected chi connectivity index (χ2v) is 8.23. The third-order valence-corrected chi connectivity index (χ3v) is 5.91. The molecule has 0 aliphatic carbocycles. The maximum absolute atomic E-state index is 13.3. The maximum atomic E-state index is 13.3. The number of fused-ring (bicyclic) bond motifs is 1. The topological polar surface area (TPSA) is 84.0 Å². The molecule has 7 heteroatoms. The Balaban J connectivity index is 1.44. The third kappa shape index (κ3) is 4.49. The van der Waals surface area contributed by atoms with Gasteiger partial charge >= 0.3 is 0 Å². The summed E-state index contributed by atoms with van der Waals surface area (Å²) in [5, 5.41) is 8.41. The van der Waals surface area contributed by atoms with Crippen molar-refractivity contribution in [3.05, 3.63) is 107 Å². The van der Waals surface area contributed by atoms with E-state index in [0.29, 0.717) is 27.5 Å². The van der Waals surface area contributed by atoms with E-state index in [4.69, 9.17) is 4.98 Å². The molecule has 0 bridgehead atoms. The van der Waals surface area contributed by atoms with Gasteiger partial charge in [-0.25, -0.2) is 4.98 Å². The van der Waals surface area contributed by atoms with Crippen molar-refractivity contribution in [3.63, 3.8) is 0 Å². The van der Waals surface area contributed by atoms with E-state index < -0.39 is 0 Å². The molecule has 0 aliphatic rings. The molecule has 5 aromatic rings. The van der Waals surface area contributed by atoms with Crippen LogP contribution >= 0.6 is 11.3 Å². The smallest absolute Gasteiger partial charge is 0.265 e. The van der Waals surface area contributed by atoms with Gasteiger partial charge < -0.3 is 10.6 Å². The molecule has 0 saturated carbocycles. The van der Waals surface area contributed by atoms with E-state index in [1.54, 1.807) is 48.8 Å². The quantitative estimate of drug-likeness (QED) is 0.351. The van der Waals surface area contributed by atoms with Gasteiger partial charge in [-0.3, -0.25) is 14.6 Å². The monoisotopic (exact) mass is 450 g/mol. The van der Waals surface area contributed by atoms with Gasteiger partial charge in [0, 0.05) is 34.7 Å². The number of nitrogens with zero attached hydrogens (tertiary/aromatic N) is 2. The molecule has 0 atom stereocenters. The summed E-state index contributed by atoms with van der Waals surface area (Å²) in [6, 6.07) is 23.7. The average Bonchev–Trinajstić information content (AvgIpc) is 3.39. The predicted octanol–water partition coefficient (Wildman–Crippen LogP) is 5.86. The number of carbonyl (C=O) groups excluding carboxylic acids is 2. The Morgan fingerprint density at radius 3 is 2.36 bits per heavy atom. The molecule has 3 aromatic heterocycles. The minimum absolute atomic E-state index is 0.185. The second kappa shape index (κ2) is 9.02. The largest absolute Gasteiger partial charge is 0.322 e. The Hall–Kier alpha value is -4.36. The first-order chi connectivity index (χ1) is 16.2. The second-order valence-electron chi connectivity index (χ2n) is 7.28. The number of thiophene rings is 1. The maximum Gasteiger partial charge on any atom is 0.265 e. The van der Waals surface area contributed by atoms with Crippen LogP contribution in [0.25, 0.3) is 22.2 Å². The highest BCUT2D eigenvalue weighted by Crippen LogP contribution is 2.26. The zero-order valence-electron chi connectivity index (χ0n) is 17.4. The molecule has 3 heterocycles. The first-order valence-corrected chi connectivity index (χ1v) is 11.1. The molecular formula is C26H18N4O2S. The number of rotatable bonds is 5. The zero-order chi connectivity index (χ0) is 22.6. The lowest BCUT2D eigenvalue weighted by Gasteiger charge is -2.12. The van der Waals surface area contributed by atoms with Crippen LogP contribution in [0.1, 0.15) is 20.0 Å². The molecule has 0 fully saturated rings. The molecule has 0 aliphatic heterocycles. The van der Waals surface area contributed by atoms with Crippen LogP contribution in [0.3, 0.4) is 0 Å². The molecule has 160 valence electrons. The van der Waals surface area contributed by atoms with Gasteiger partial charge in [0.05, 0.1) is 21.7 Å². The number of hydrogen-bond donors (Lipinski definition) is 2. The fourth-order valence-corrected chi connectivity index (χ4v) is 4.12. The first-order valence-electron chi connectivity index (χ1n) is 10.2. The minimum atomic E-state index is -0.263. The van der Waals surface area contributed by atoms with E-state index in [0.717, 1.165) is 16.5 Å². The Kier molecular flexibility index (Phi) is 5.61. The highest BCUT2D eigenvalue weighted by atomic mass is 32.1. The van der Waals surface area contributed by atoms with E-state index in [9.17, 15) is 9.59 Å². The molecule has 33 heavy (non-hydrogen) atoms. The van der Waals surface area contributed by atoms with Gasteiger partial charge in [-0.05, 0) is 53.9 Å². The van der Waals surface area contributed by atoms with Crippen LogP contribution in [0.5, 0.6) is 0 Å². The van der Waals surface area contributed by atoms with Crippen molar-refractivity contribution in [2.45, 2.75) is 0 Å². The lowest BCUT2D eigenvalue weighted by atomic mass is 10.0. The van der Waals surface area contributed by atoms with E-state index in [1.165, 1.54) is 11.3 Å². The number of para-hydroxylation sites is 1. The SMILES string of the molecule is O=C(Nc1cccc(NC(=O)c2cc(-c3cccnc3)nc3ccccc23)c1)c1cccs1. The summed E-state index contributed by atoms with van der Waals surface area (Å²) in [5.41, 5.74) is 3.91. The standard InChI is InChI=1S/C26H18N4O2S/c31-25(28-18-7-3-8-19(14-18)29-26(32)24-11-5-13-33-24)21-15-23(17-6-4-12-27-16-17)30-22-10-2-1-9-20(21)22/h1-16H,(H,28,31)(H,29,32). The average molecular weight is 451 g/mol. The molecule has 2 aromatic carbocycles. The Morgan fingerprint density at radius 2 is 1.61 bits per heavy atom. The van der Waals surface area contributed by atoms with Crippen LogP contribution in [-0.2, 0) is 0 Å². The molecular weight excluding hydrogens is 432 g/mol. The Bertz CT molecular complexity index is 1450. The van der Waals surface area contributed by atoms with Crippen LogP contribution in [0.4, 0.5) is 11.4 Å². The summed E-state index contributed by atoms with van der Waals surface area (Å²) in [6.07, 6.45) is 3.42. The third-order valence-electron chi connectivity index (χ3n) is 5.04. The van der Waals surface area contributed by atoms with E-state index in [1.807, 2.05) is 47.8 Å². The fourth-order valence-electron chi connectivity index (χ4n) is 3.50. The van der Waals surface area contributed by atoms with Crippen molar-refractivity contribution < 1.29 is 9.59 Å².